The third kappa shape index (κ3) is 1.39. The fourth-order valence-electron chi connectivity index (χ4n) is 4.96. The van der Waals surface area contributed by atoms with Crippen LogP contribution in [-0.4, -0.2) is 40.8 Å². The fourth-order valence-corrected chi connectivity index (χ4v) is 4.96. The molecule has 1 aromatic rings. The lowest BCUT2D eigenvalue weighted by atomic mass is 9.62. The quantitative estimate of drug-likeness (QED) is 0.908. The molecule has 3 aliphatic rings. The first-order chi connectivity index (χ1) is 10.1. The van der Waals surface area contributed by atoms with Crippen LogP contribution in [0.2, 0.25) is 0 Å². The second kappa shape index (κ2) is 4.17. The monoisotopic (exact) mass is 284 g/mol. The first-order valence-electron chi connectivity index (χ1n) is 7.73. The zero-order valence-corrected chi connectivity index (χ0v) is 12.2. The highest BCUT2D eigenvalue weighted by Crippen LogP contribution is 2.56. The molecule has 2 saturated heterocycles. The Morgan fingerprint density at radius 2 is 2.14 bits per heavy atom. The van der Waals surface area contributed by atoms with Gasteiger partial charge in [0, 0.05) is 23.4 Å². The first kappa shape index (κ1) is 13.0. The van der Waals surface area contributed by atoms with E-state index in [9.17, 15) is 9.90 Å². The molecule has 110 valence electrons. The van der Waals surface area contributed by atoms with E-state index >= 15 is 0 Å². The van der Waals surface area contributed by atoms with Crippen molar-refractivity contribution in [1.82, 2.24) is 4.90 Å². The molecular weight excluding hydrogens is 264 g/mol. The van der Waals surface area contributed by atoms with Gasteiger partial charge in [-0.2, -0.15) is 0 Å². The molecule has 1 aromatic carbocycles. The largest absolute Gasteiger partial charge is 0.480 e. The summed E-state index contributed by atoms with van der Waals surface area (Å²) in [6.45, 7) is 0. The summed E-state index contributed by atoms with van der Waals surface area (Å²) >= 11 is 0. The van der Waals surface area contributed by atoms with Crippen LogP contribution in [0.4, 0.5) is 5.69 Å². The lowest BCUT2D eigenvalue weighted by molar-refractivity contribution is -0.147. The molecule has 1 N–H and O–H groups in total. The minimum absolute atomic E-state index is 0.322. The molecule has 4 nitrogen and oxygen atoms in total. The SMILES string of the molecule is CN1[C@@H]2CCC[C@@]1(C1(C(=O)O)C=Nc3ccccc31)CC2. The van der Waals surface area contributed by atoms with Gasteiger partial charge in [-0.05, 0) is 45.2 Å². The average molecular weight is 284 g/mol. The second-order valence-electron chi connectivity index (χ2n) is 6.62. The van der Waals surface area contributed by atoms with Gasteiger partial charge in [-0.15, -0.1) is 0 Å². The number of para-hydroxylation sites is 1. The number of aliphatic carboxylic acids is 1. The topological polar surface area (TPSA) is 52.9 Å². The highest BCUT2D eigenvalue weighted by Gasteiger charge is 2.65. The molecule has 2 bridgehead atoms. The number of benzene rings is 1. The van der Waals surface area contributed by atoms with Gasteiger partial charge in [0.2, 0.25) is 0 Å². The van der Waals surface area contributed by atoms with E-state index in [1.165, 1.54) is 6.42 Å². The van der Waals surface area contributed by atoms with E-state index in [4.69, 9.17) is 0 Å². The molecule has 3 heterocycles. The van der Waals surface area contributed by atoms with Gasteiger partial charge >= 0.3 is 5.97 Å². The van der Waals surface area contributed by atoms with Gasteiger partial charge in [0.25, 0.3) is 0 Å². The number of aliphatic imine (C=N–C) groups is 1. The number of carbonyl (C=O) groups is 1. The van der Waals surface area contributed by atoms with Crippen molar-refractivity contribution in [2.45, 2.75) is 49.1 Å². The van der Waals surface area contributed by atoms with E-state index in [1.807, 2.05) is 24.3 Å². The highest BCUT2D eigenvalue weighted by molar-refractivity contribution is 6.07. The van der Waals surface area contributed by atoms with Crippen molar-refractivity contribution < 1.29 is 9.90 Å². The maximum atomic E-state index is 12.4. The molecule has 4 rings (SSSR count). The number of hydrogen-bond acceptors (Lipinski definition) is 3. The zero-order valence-electron chi connectivity index (χ0n) is 12.2. The molecule has 0 aliphatic carbocycles. The van der Waals surface area contributed by atoms with Crippen LogP contribution in [0.1, 0.15) is 37.7 Å². The number of piperidine rings is 1. The third-order valence-electron chi connectivity index (χ3n) is 6.04. The average Bonchev–Trinajstić information content (AvgIpc) is 2.93. The van der Waals surface area contributed by atoms with Crippen molar-refractivity contribution in [2.75, 3.05) is 7.05 Å². The number of fused-ring (bicyclic) bond motifs is 3. The van der Waals surface area contributed by atoms with Gasteiger partial charge in [-0.3, -0.25) is 14.7 Å². The van der Waals surface area contributed by atoms with E-state index in [2.05, 4.69) is 16.9 Å². The van der Waals surface area contributed by atoms with Gasteiger partial charge in [-0.1, -0.05) is 18.2 Å². The number of rotatable bonds is 2. The Hall–Kier alpha value is -1.68. The van der Waals surface area contributed by atoms with Crippen molar-refractivity contribution in [1.29, 1.82) is 0 Å². The highest BCUT2D eigenvalue weighted by atomic mass is 16.4. The molecule has 0 saturated carbocycles. The Labute approximate surface area is 124 Å². The molecule has 0 amide bonds. The van der Waals surface area contributed by atoms with Crippen LogP contribution in [0.15, 0.2) is 29.3 Å². The molecule has 3 atom stereocenters. The molecule has 1 unspecified atom stereocenters. The number of carboxylic acid groups (broad SMARTS) is 1. The Bertz CT molecular complexity index is 637. The van der Waals surface area contributed by atoms with Gasteiger partial charge in [0.15, 0.2) is 0 Å². The summed E-state index contributed by atoms with van der Waals surface area (Å²) in [4.78, 5) is 19.2. The number of carboxylic acids is 1. The van der Waals surface area contributed by atoms with E-state index in [-0.39, 0.29) is 5.54 Å². The number of nitrogens with zero attached hydrogens (tertiary/aromatic N) is 2. The minimum atomic E-state index is -0.993. The Morgan fingerprint density at radius 1 is 1.33 bits per heavy atom. The maximum absolute atomic E-state index is 12.4. The summed E-state index contributed by atoms with van der Waals surface area (Å²) in [6, 6.07) is 8.24. The van der Waals surface area contributed by atoms with E-state index in [0.717, 1.165) is 36.9 Å². The lowest BCUT2D eigenvalue weighted by Crippen LogP contribution is -2.64. The van der Waals surface area contributed by atoms with Crippen molar-refractivity contribution >= 4 is 17.9 Å². The molecular formula is C17H20N2O2. The Balaban J connectivity index is 1.95. The zero-order chi connectivity index (χ0) is 14.7. The summed E-state index contributed by atoms with van der Waals surface area (Å²) in [5, 5.41) is 10.2. The molecule has 0 aromatic heterocycles. The summed E-state index contributed by atoms with van der Waals surface area (Å²) in [7, 11) is 2.11. The molecule has 3 aliphatic heterocycles. The second-order valence-corrected chi connectivity index (χ2v) is 6.62. The van der Waals surface area contributed by atoms with Crippen molar-refractivity contribution in [2.24, 2.45) is 4.99 Å². The first-order valence-corrected chi connectivity index (χ1v) is 7.73. The lowest BCUT2D eigenvalue weighted by Gasteiger charge is -2.50. The van der Waals surface area contributed by atoms with Crippen LogP contribution in [0.5, 0.6) is 0 Å². The number of likely N-dealkylation sites (N-methyl/N-ethyl adjacent to an activating group) is 1. The smallest absolute Gasteiger partial charge is 0.321 e. The predicted molar refractivity (Wildman–Crippen MR) is 81.3 cm³/mol. The third-order valence-corrected chi connectivity index (χ3v) is 6.04. The van der Waals surface area contributed by atoms with Gasteiger partial charge < -0.3 is 5.11 Å². The van der Waals surface area contributed by atoms with Crippen LogP contribution in [0, 0.1) is 0 Å². The maximum Gasteiger partial charge on any atom is 0.321 e. The summed E-state index contributed by atoms with van der Waals surface area (Å²) in [5.74, 6) is -0.759. The fraction of sp³-hybridized carbons (Fsp3) is 0.529. The van der Waals surface area contributed by atoms with Crippen LogP contribution in [-0.2, 0) is 10.2 Å². The van der Waals surface area contributed by atoms with E-state index in [0.29, 0.717) is 6.04 Å². The molecule has 21 heavy (non-hydrogen) atoms. The van der Waals surface area contributed by atoms with Crippen molar-refractivity contribution in [3.63, 3.8) is 0 Å². The molecule has 2 fully saturated rings. The summed E-state index contributed by atoms with van der Waals surface area (Å²) in [5.41, 5.74) is 0.370. The Morgan fingerprint density at radius 3 is 2.95 bits per heavy atom. The summed E-state index contributed by atoms with van der Waals surface area (Å²) in [6.07, 6.45) is 6.99. The molecule has 0 spiro atoms. The normalized spacial score (nSPS) is 37.7. The summed E-state index contributed by atoms with van der Waals surface area (Å²) < 4.78 is 0. The van der Waals surface area contributed by atoms with Crippen molar-refractivity contribution in [3.8, 4) is 0 Å². The molecule has 4 heteroatoms. The van der Waals surface area contributed by atoms with Gasteiger partial charge in [-0.25, -0.2) is 0 Å². The Kier molecular flexibility index (Phi) is 2.58. The number of hydrogen-bond donors (Lipinski definition) is 1. The van der Waals surface area contributed by atoms with Gasteiger partial charge in [0.1, 0.15) is 5.41 Å². The predicted octanol–water partition coefficient (Wildman–Crippen LogP) is 2.74. The minimum Gasteiger partial charge on any atom is -0.480 e. The van der Waals surface area contributed by atoms with E-state index < -0.39 is 11.4 Å². The van der Waals surface area contributed by atoms with Gasteiger partial charge in [0.05, 0.1) is 5.69 Å². The van der Waals surface area contributed by atoms with E-state index in [1.54, 1.807) is 6.21 Å². The molecule has 0 radical (unpaired) electrons. The van der Waals surface area contributed by atoms with Crippen LogP contribution < -0.4 is 0 Å². The van der Waals surface area contributed by atoms with Crippen molar-refractivity contribution in [3.05, 3.63) is 29.8 Å². The van der Waals surface area contributed by atoms with Crippen LogP contribution >= 0.6 is 0 Å². The van der Waals surface area contributed by atoms with Crippen LogP contribution in [0.25, 0.3) is 0 Å². The van der Waals surface area contributed by atoms with Crippen LogP contribution in [0.3, 0.4) is 0 Å². The standard InChI is InChI=1S/C17H20N2O2/c1-19-12-5-4-9-16(19,10-8-12)17(15(20)21)11-18-14-7-3-2-6-13(14)17/h2-3,6-7,11-12H,4-5,8-10H2,1H3,(H,20,21)/t12-,16+,17?/m1/s1.